The lowest BCUT2D eigenvalue weighted by Crippen LogP contribution is -2.46. The first-order valence-corrected chi connectivity index (χ1v) is 7.49. The first kappa shape index (κ1) is 16.2. The number of aliphatic hydroxyl groups is 1. The van der Waals surface area contributed by atoms with Gasteiger partial charge in [-0.3, -0.25) is 0 Å². The number of hydrogen-bond acceptors (Lipinski definition) is 3. The maximum absolute atomic E-state index is 13.3. The third kappa shape index (κ3) is 4.93. The molecule has 0 bridgehead atoms. The van der Waals surface area contributed by atoms with Crippen LogP contribution in [0.3, 0.4) is 0 Å². The molecule has 0 saturated heterocycles. The van der Waals surface area contributed by atoms with Gasteiger partial charge in [0.15, 0.2) is 17.4 Å². The van der Waals surface area contributed by atoms with Crippen LogP contribution in [-0.2, 0) is 0 Å². The molecular formula is C16H23F2NO2. The Morgan fingerprint density at radius 3 is 2.52 bits per heavy atom. The van der Waals surface area contributed by atoms with E-state index in [9.17, 15) is 13.9 Å². The van der Waals surface area contributed by atoms with Gasteiger partial charge in [-0.15, -0.1) is 0 Å². The molecule has 0 heterocycles. The normalized spacial score (nSPS) is 17.5. The second-order valence-electron chi connectivity index (χ2n) is 5.99. The number of rotatable bonds is 9. The van der Waals surface area contributed by atoms with Crippen LogP contribution in [0.1, 0.15) is 39.0 Å². The van der Waals surface area contributed by atoms with E-state index in [-0.39, 0.29) is 24.5 Å². The summed E-state index contributed by atoms with van der Waals surface area (Å²) in [5.74, 6) is -1.66. The fraction of sp³-hybridized carbons (Fsp3) is 0.625. The fourth-order valence-corrected chi connectivity index (χ4v) is 2.33. The van der Waals surface area contributed by atoms with E-state index in [0.29, 0.717) is 12.5 Å². The third-order valence-electron chi connectivity index (χ3n) is 3.77. The predicted octanol–water partition coefficient (Wildman–Crippen LogP) is 3.02. The Hall–Kier alpha value is -1.20. The van der Waals surface area contributed by atoms with E-state index in [0.717, 1.165) is 12.8 Å². The Labute approximate surface area is 124 Å². The summed E-state index contributed by atoms with van der Waals surface area (Å²) in [4.78, 5) is 0. The molecule has 0 spiro atoms. The zero-order valence-electron chi connectivity index (χ0n) is 12.4. The van der Waals surface area contributed by atoms with Gasteiger partial charge in [0.25, 0.3) is 0 Å². The SMILES string of the molecule is CC(CO)(CCCCOc1c(F)cccc1F)NC1CC1. The average molecular weight is 299 g/mol. The summed E-state index contributed by atoms with van der Waals surface area (Å²) in [6.07, 6.45) is 4.67. The molecule has 2 N–H and O–H groups in total. The molecule has 118 valence electrons. The molecular weight excluding hydrogens is 276 g/mol. The predicted molar refractivity (Wildman–Crippen MR) is 77.4 cm³/mol. The van der Waals surface area contributed by atoms with Crippen molar-refractivity contribution < 1.29 is 18.6 Å². The molecule has 1 aromatic rings. The summed E-state index contributed by atoms with van der Waals surface area (Å²) >= 11 is 0. The minimum atomic E-state index is -0.675. The van der Waals surface area contributed by atoms with Gasteiger partial charge in [0.05, 0.1) is 13.2 Å². The number of benzene rings is 1. The van der Waals surface area contributed by atoms with Crippen LogP contribution in [0, 0.1) is 11.6 Å². The van der Waals surface area contributed by atoms with E-state index < -0.39 is 11.6 Å². The summed E-state index contributed by atoms with van der Waals surface area (Å²) < 4.78 is 31.9. The Balaban J connectivity index is 1.69. The van der Waals surface area contributed by atoms with Crippen molar-refractivity contribution in [2.75, 3.05) is 13.2 Å². The minimum Gasteiger partial charge on any atom is -0.488 e. The summed E-state index contributed by atoms with van der Waals surface area (Å²) in [6.45, 7) is 2.36. The molecule has 1 fully saturated rings. The Morgan fingerprint density at radius 2 is 1.95 bits per heavy atom. The van der Waals surface area contributed by atoms with Crippen LogP contribution in [0.15, 0.2) is 18.2 Å². The zero-order valence-corrected chi connectivity index (χ0v) is 12.4. The van der Waals surface area contributed by atoms with Crippen molar-refractivity contribution in [3.05, 3.63) is 29.8 Å². The standard InChI is InChI=1S/C16H23F2NO2/c1-16(11-20,19-12-7-8-12)9-2-3-10-21-15-13(17)5-4-6-14(15)18/h4-6,12,19-20H,2-3,7-11H2,1H3. The summed E-state index contributed by atoms with van der Waals surface area (Å²) in [5.41, 5.74) is -0.273. The van der Waals surface area contributed by atoms with E-state index in [1.165, 1.54) is 31.0 Å². The van der Waals surface area contributed by atoms with Crippen molar-refractivity contribution in [3.63, 3.8) is 0 Å². The second-order valence-corrected chi connectivity index (χ2v) is 5.99. The maximum Gasteiger partial charge on any atom is 0.190 e. The molecule has 1 atom stereocenters. The first-order valence-electron chi connectivity index (χ1n) is 7.49. The molecule has 3 nitrogen and oxygen atoms in total. The maximum atomic E-state index is 13.3. The van der Waals surface area contributed by atoms with Gasteiger partial charge >= 0.3 is 0 Å². The van der Waals surface area contributed by atoms with Gasteiger partial charge in [0.1, 0.15) is 0 Å². The first-order chi connectivity index (χ1) is 10.0. The van der Waals surface area contributed by atoms with Crippen LogP contribution in [0.2, 0.25) is 0 Å². The lowest BCUT2D eigenvalue weighted by molar-refractivity contribution is 0.158. The van der Waals surface area contributed by atoms with Gasteiger partial charge in [0.2, 0.25) is 0 Å². The lowest BCUT2D eigenvalue weighted by Gasteiger charge is -2.29. The van der Waals surface area contributed by atoms with Gasteiger partial charge in [-0.1, -0.05) is 6.07 Å². The molecule has 0 radical (unpaired) electrons. The molecule has 1 saturated carbocycles. The molecule has 1 aliphatic rings. The molecule has 2 rings (SSSR count). The number of aliphatic hydroxyl groups excluding tert-OH is 1. The van der Waals surface area contributed by atoms with E-state index in [1.807, 2.05) is 6.92 Å². The second kappa shape index (κ2) is 7.18. The number of para-hydroxylation sites is 1. The number of nitrogens with one attached hydrogen (secondary N) is 1. The third-order valence-corrected chi connectivity index (χ3v) is 3.77. The van der Waals surface area contributed by atoms with E-state index >= 15 is 0 Å². The van der Waals surface area contributed by atoms with E-state index in [4.69, 9.17) is 4.74 Å². The molecule has 0 amide bonds. The number of hydrogen-bond donors (Lipinski definition) is 2. The molecule has 0 aromatic heterocycles. The van der Waals surface area contributed by atoms with Gasteiger partial charge in [-0.05, 0) is 51.2 Å². The number of ether oxygens (including phenoxy) is 1. The molecule has 5 heteroatoms. The number of unbranched alkanes of at least 4 members (excludes halogenated alkanes) is 1. The van der Waals surface area contributed by atoms with Crippen LogP contribution in [-0.4, -0.2) is 29.9 Å². The van der Waals surface area contributed by atoms with Crippen LogP contribution < -0.4 is 10.1 Å². The van der Waals surface area contributed by atoms with Crippen LogP contribution in [0.25, 0.3) is 0 Å². The highest BCUT2D eigenvalue weighted by atomic mass is 19.1. The average Bonchev–Trinajstić information content (AvgIpc) is 3.25. The van der Waals surface area contributed by atoms with Crippen molar-refractivity contribution in [2.45, 2.75) is 50.6 Å². The monoisotopic (exact) mass is 299 g/mol. The molecule has 1 aliphatic carbocycles. The molecule has 21 heavy (non-hydrogen) atoms. The fourth-order valence-electron chi connectivity index (χ4n) is 2.33. The molecule has 1 aromatic carbocycles. The van der Waals surface area contributed by atoms with Gasteiger partial charge < -0.3 is 15.2 Å². The quantitative estimate of drug-likeness (QED) is 0.689. The van der Waals surface area contributed by atoms with Crippen molar-refractivity contribution in [1.82, 2.24) is 5.32 Å². The van der Waals surface area contributed by atoms with Crippen molar-refractivity contribution in [2.24, 2.45) is 0 Å². The Morgan fingerprint density at radius 1 is 1.29 bits per heavy atom. The number of halogens is 2. The van der Waals surface area contributed by atoms with Crippen LogP contribution in [0.4, 0.5) is 8.78 Å². The Kier molecular flexibility index (Phi) is 5.53. The smallest absolute Gasteiger partial charge is 0.190 e. The Bertz CT molecular complexity index is 445. The van der Waals surface area contributed by atoms with E-state index in [2.05, 4.69) is 5.32 Å². The highest BCUT2D eigenvalue weighted by molar-refractivity contribution is 5.25. The molecule has 0 aliphatic heterocycles. The largest absolute Gasteiger partial charge is 0.488 e. The van der Waals surface area contributed by atoms with Crippen LogP contribution in [0.5, 0.6) is 5.75 Å². The lowest BCUT2D eigenvalue weighted by atomic mass is 9.95. The van der Waals surface area contributed by atoms with Gasteiger partial charge in [-0.25, -0.2) is 8.78 Å². The summed E-state index contributed by atoms with van der Waals surface area (Å²) in [5, 5.41) is 12.9. The van der Waals surface area contributed by atoms with Crippen molar-refractivity contribution in [3.8, 4) is 5.75 Å². The topological polar surface area (TPSA) is 41.5 Å². The minimum absolute atomic E-state index is 0.0896. The van der Waals surface area contributed by atoms with Gasteiger partial charge in [0, 0.05) is 11.6 Å². The molecule has 1 unspecified atom stereocenters. The summed E-state index contributed by atoms with van der Waals surface area (Å²) in [6, 6.07) is 4.21. The van der Waals surface area contributed by atoms with Crippen molar-refractivity contribution >= 4 is 0 Å². The van der Waals surface area contributed by atoms with Gasteiger partial charge in [-0.2, -0.15) is 0 Å². The van der Waals surface area contributed by atoms with Crippen molar-refractivity contribution in [1.29, 1.82) is 0 Å². The van der Waals surface area contributed by atoms with Crippen LogP contribution >= 0.6 is 0 Å². The zero-order chi connectivity index (χ0) is 15.3. The van der Waals surface area contributed by atoms with E-state index in [1.54, 1.807) is 0 Å². The highest BCUT2D eigenvalue weighted by Gasteiger charge is 2.31. The summed E-state index contributed by atoms with van der Waals surface area (Å²) in [7, 11) is 0. The highest BCUT2D eigenvalue weighted by Crippen LogP contribution is 2.25.